The number of carbonyl (C=O) groups is 1. The summed E-state index contributed by atoms with van der Waals surface area (Å²) in [5, 5.41) is 13.7. The van der Waals surface area contributed by atoms with E-state index in [1.54, 1.807) is 11.3 Å². The molecule has 0 unspecified atom stereocenters. The summed E-state index contributed by atoms with van der Waals surface area (Å²) in [4.78, 5) is 17.2. The summed E-state index contributed by atoms with van der Waals surface area (Å²) >= 11 is 1.57. The fraction of sp³-hybridized carbons (Fsp3) is 0.381. The van der Waals surface area contributed by atoms with Crippen molar-refractivity contribution in [2.24, 2.45) is 7.05 Å². The Bertz CT molecular complexity index is 987. The fourth-order valence-electron chi connectivity index (χ4n) is 3.49. The summed E-state index contributed by atoms with van der Waals surface area (Å²) in [6, 6.07) is 8.49. The Hall–Kier alpha value is -2.51. The standard InChI is InChI=1S/C21H25N5OS/c1-13(2)14-4-6-15(7-5-14)21-23-16(12-28-21)10-19(27)24-20-17-11-22-9-8-18(17)26(3)25-20/h4-7,12-13,22H,8-11H2,1-3H3,(H,24,25,27). The summed E-state index contributed by atoms with van der Waals surface area (Å²) in [5.74, 6) is 1.09. The second-order valence-corrected chi connectivity index (χ2v) is 8.33. The molecule has 0 saturated carbocycles. The molecule has 2 aromatic heterocycles. The van der Waals surface area contributed by atoms with Gasteiger partial charge >= 0.3 is 0 Å². The number of anilines is 1. The third-order valence-electron chi connectivity index (χ3n) is 5.09. The first kappa shape index (κ1) is 18.8. The molecule has 0 bridgehead atoms. The maximum atomic E-state index is 12.5. The highest BCUT2D eigenvalue weighted by molar-refractivity contribution is 7.13. The smallest absolute Gasteiger partial charge is 0.231 e. The number of hydrogen-bond donors (Lipinski definition) is 2. The summed E-state index contributed by atoms with van der Waals surface area (Å²) in [6.45, 7) is 6.06. The Morgan fingerprint density at radius 3 is 2.86 bits per heavy atom. The number of nitrogens with zero attached hydrogens (tertiary/aromatic N) is 3. The molecular weight excluding hydrogens is 370 g/mol. The van der Waals surface area contributed by atoms with Gasteiger partial charge in [-0.05, 0) is 11.5 Å². The van der Waals surface area contributed by atoms with Crippen LogP contribution in [0.2, 0.25) is 0 Å². The Labute approximate surface area is 169 Å². The number of nitrogens with one attached hydrogen (secondary N) is 2. The predicted octanol–water partition coefficient (Wildman–Crippen LogP) is 3.49. The van der Waals surface area contributed by atoms with Crippen molar-refractivity contribution in [3.63, 3.8) is 0 Å². The summed E-state index contributed by atoms with van der Waals surface area (Å²) in [7, 11) is 1.93. The molecule has 0 spiro atoms. The molecule has 0 saturated heterocycles. The molecule has 3 heterocycles. The van der Waals surface area contributed by atoms with Crippen molar-refractivity contribution < 1.29 is 4.79 Å². The van der Waals surface area contributed by atoms with Crippen molar-refractivity contribution in [2.75, 3.05) is 11.9 Å². The van der Waals surface area contributed by atoms with Gasteiger partial charge in [0.15, 0.2) is 5.82 Å². The highest BCUT2D eigenvalue weighted by Gasteiger charge is 2.20. The van der Waals surface area contributed by atoms with E-state index < -0.39 is 0 Å². The minimum Gasteiger partial charge on any atom is -0.312 e. The molecule has 28 heavy (non-hydrogen) atoms. The van der Waals surface area contributed by atoms with E-state index in [0.29, 0.717) is 11.7 Å². The van der Waals surface area contributed by atoms with Crippen LogP contribution in [0.4, 0.5) is 5.82 Å². The van der Waals surface area contributed by atoms with Crippen LogP contribution in [0.5, 0.6) is 0 Å². The van der Waals surface area contributed by atoms with Crippen molar-refractivity contribution in [3.05, 3.63) is 52.2 Å². The molecule has 2 N–H and O–H groups in total. The van der Waals surface area contributed by atoms with Gasteiger partial charge in [0.1, 0.15) is 5.01 Å². The maximum absolute atomic E-state index is 12.5. The van der Waals surface area contributed by atoms with Gasteiger partial charge in [-0.25, -0.2) is 4.98 Å². The molecule has 146 valence electrons. The largest absolute Gasteiger partial charge is 0.312 e. The summed E-state index contributed by atoms with van der Waals surface area (Å²) in [6.07, 6.45) is 1.18. The fourth-order valence-corrected chi connectivity index (χ4v) is 4.32. The van der Waals surface area contributed by atoms with Crippen LogP contribution in [0.15, 0.2) is 29.6 Å². The van der Waals surface area contributed by atoms with Crippen LogP contribution < -0.4 is 10.6 Å². The lowest BCUT2D eigenvalue weighted by molar-refractivity contribution is -0.115. The first-order valence-electron chi connectivity index (χ1n) is 9.61. The number of thiazole rings is 1. The molecule has 1 aliphatic heterocycles. The number of carbonyl (C=O) groups excluding carboxylic acids is 1. The van der Waals surface area contributed by atoms with Crippen LogP contribution in [0.1, 0.15) is 42.3 Å². The summed E-state index contributed by atoms with van der Waals surface area (Å²) < 4.78 is 1.87. The van der Waals surface area contributed by atoms with E-state index >= 15 is 0 Å². The van der Waals surface area contributed by atoms with E-state index in [2.05, 4.69) is 58.8 Å². The van der Waals surface area contributed by atoms with Crippen LogP contribution in [0.3, 0.4) is 0 Å². The van der Waals surface area contributed by atoms with Gasteiger partial charge in [-0.15, -0.1) is 11.3 Å². The zero-order valence-electron chi connectivity index (χ0n) is 16.5. The van der Waals surface area contributed by atoms with Gasteiger partial charge in [0.2, 0.25) is 5.91 Å². The SMILES string of the molecule is CC(C)c1ccc(-c2nc(CC(=O)Nc3nn(C)c4c3CNCC4)cs2)cc1. The minimum absolute atomic E-state index is 0.0847. The Morgan fingerprint density at radius 2 is 2.11 bits per heavy atom. The lowest BCUT2D eigenvalue weighted by Crippen LogP contribution is -2.25. The topological polar surface area (TPSA) is 71.8 Å². The molecule has 1 aliphatic rings. The third kappa shape index (κ3) is 3.86. The highest BCUT2D eigenvalue weighted by Crippen LogP contribution is 2.26. The quantitative estimate of drug-likeness (QED) is 0.694. The monoisotopic (exact) mass is 395 g/mol. The van der Waals surface area contributed by atoms with Gasteiger partial charge in [0.25, 0.3) is 0 Å². The second kappa shape index (κ2) is 7.85. The number of aryl methyl sites for hydroxylation is 1. The average Bonchev–Trinajstić information content (AvgIpc) is 3.27. The number of benzene rings is 1. The van der Waals surface area contributed by atoms with E-state index in [-0.39, 0.29) is 12.3 Å². The molecule has 0 fully saturated rings. The maximum Gasteiger partial charge on any atom is 0.231 e. The number of rotatable bonds is 5. The molecular formula is C21H25N5OS. The van der Waals surface area contributed by atoms with Gasteiger partial charge in [-0.2, -0.15) is 5.10 Å². The van der Waals surface area contributed by atoms with Gasteiger partial charge in [0.05, 0.1) is 12.1 Å². The van der Waals surface area contributed by atoms with Crippen molar-refractivity contribution in [2.45, 2.75) is 39.2 Å². The van der Waals surface area contributed by atoms with Crippen molar-refractivity contribution in [1.82, 2.24) is 20.1 Å². The average molecular weight is 396 g/mol. The van der Waals surface area contributed by atoms with E-state index in [1.807, 2.05) is 17.1 Å². The third-order valence-corrected chi connectivity index (χ3v) is 6.03. The van der Waals surface area contributed by atoms with Crippen LogP contribution in [-0.2, 0) is 31.2 Å². The van der Waals surface area contributed by atoms with Gasteiger partial charge in [0, 0.05) is 48.8 Å². The Morgan fingerprint density at radius 1 is 1.32 bits per heavy atom. The van der Waals surface area contributed by atoms with Gasteiger partial charge < -0.3 is 10.6 Å². The Kier molecular flexibility index (Phi) is 5.28. The molecule has 6 nitrogen and oxygen atoms in total. The van der Waals surface area contributed by atoms with E-state index in [0.717, 1.165) is 41.3 Å². The van der Waals surface area contributed by atoms with Crippen molar-refractivity contribution in [3.8, 4) is 10.6 Å². The number of fused-ring (bicyclic) bond motifs is 1. The second-order valence-electron chi connectivity index (χ2n) is 7.47. The van der Waals surface area contributed by atoms with E-state index in [9.17, 15) is 4.79 Å². The molecule has 0 atom stereocenters. The molecule has 3 aromatic rings. The van der Waals surface area contributed by atoms with Crippen LogP contribution in [0.25, 0.3) is 10.6 Å². The lowest BCUT2D eigenvalue weighted by Gasteiger charge is -2.14. The molecule has 4 rings (SSSR count). The van der Waals surface area contributed by atoms with Crippen molar-refractivity contribution >= 4 is 23.1 Å². The van der Waals surface area contributed by atoms with Crippen LogP contribution in [-0.4, -0.2) is 27.2 Å². The highest BCUT2D eigenvalue weighted by atomic mass is 32.1. The van der Waals surface area contributed by atoms with Gasteiger partial charge in [-0.3, -0.25) is 9.48 Å². The van der Waals surface area contributed by atoms with E-state index in [4.69, 9.17) is 0 Å². The van der Waals surface area contributed by atoms with Crippen LogP contribution in [0, 0.1) is 0 Å². The molecule has 1 aromatic carbocycles. The molecule has 0 aliphatic carbocycles. The predicted molar refractivity (Wildman–Crippen MR) is 113 cm³/mol. The van der Waals surface area contributed by atoms with Gasteiger partial charge in [-0.1, -0.05) is 38.1 Å². The summed E-state index contributed by atoms with van der Waals surface area (Å²) in [5.41, 5.74) is 5.47. The number of hydrogen-bond acceptors (Lipinski definition) is 5. The number of aromatic nitrogens is 3. The molecule has 7 heteroatoms. The first-order chi connectivity index (χ1) is 13.5. The number of amides is 1. The van der Waals surface area contributed by atoms with E-state index in [1.165, 1.54) is 11.3 Å². The zero-order valence-corrected chi connectivity index (χ0v) is 17.3. The lowest BCUT2D eigenvalue weighted by atomic mass is 10.0. The Balaban J connectivity index is 1.43. The van der Waals surface area contributed by atoms with Crippen LogP contribution >= 0.6 is 11.3 Å². The molecule has 1 amide bonds. The zero-order chi connectivity index (χ0) is 19.7. The molecule has 0 radical (unpaired) electrons. The van der Waals surface area contributed by atoms with Crippen molar-refractivity contribution in [1.29, 1.82) is 0 Å². The minimum atomic E-state index is -0.0847. The first-order valence-corrected chi connectivity index (χ1v) is 10.5. The normalized spacial score (nSPS) is 13.6.